The van der Waals surface area contributed by atoms with Gasteiger partial charge in [0.25, 0.3) is 5.91 Å². The van der Waals surface area contributed by atoms with Crippen LogP contribution in [0.15, 0.2) is 18.2 Å². The van der Waals surface area contributed by atoms with Gasteiger partial charge in [-0.15, -0.1) is 0 Å². The molecule has 124 valence electrons. The largest absolute Gasteiger partial charge is 0.427 e. The number of rotatable bonds is 7. The van der Waals surface area contributed by atoms with Crippen LogP contribution < -0.4 is 10.1 Å². The lowest BCUT2D eigenvalue weighted by atomic mass is 10.0. The fourth-order valence-electron chi connectivity index (χ4n) is 1.86. The smallest absolute Gasteiger partial charge is 0.308 e. The van der Waals surface area contributed by atoms with E-state index in [0.29, 0.717) is 18.7 Å². The number of carbonyl (C=O) groups is 2. The number of nitrogens with one attached hydrogen (secondary N) is 1. The zero-order valence-electron chi connectivity index (χ0n) is 13.9. The van der Waals surface area contributed by atoms with Crippen molar-refractivity contribution in [2.75, 3.05) is 11.9 Å². The van der Waals surface area contributed by atoms with E-state index < -0.39 is 11.6 Å². The average Bonchev–Trinajstić information content (AvgIpc) is 2.53. The van der Waals surface area contributed by atoms with Gasteiger partial charge in [-0.05, 0) is 31.9 Å². The summed E-state index contributed by atoms with van der Waals surface area (Å²) in [5.74, 6) is -0.532. The van der Waals surface area contributed by atoms with Crippen molar-refractivity contribution in [1.82, 2.24) is 0 Å². The standard InChI is InChI=1S/C17H22N2O4/c1-5-9-22-17(4,6-2)16(21)19-15-8-7-14(23-12(3)20)10-13(15)11-18/h7-8,10H,5-6,9H2,1-4H3,(H,19,21)/t17-/m1/s1. The molecule has 0 saturated carbocycles. The van der Waals surface area contributed by atoms with Crippen LogP contribution in [-0.2, 0) is 14.3 Å². The average molecular weight is 318 g/mol. The molecular formula is C17H22N2O4. The van der Waals surface area contributed by atoms with E-state index in [4.69, 9.17) is 9.47 Å². The lowest BCUT2D eigenvalue weighted by molar-refractivity contribution is -0.139. The Kier molecular flexibility index (Phi) is 6.73. The lowest BCUT2D eigenvalue weighted by Gasteiger charge is -2.27. The van der Waals surface area contributed by atoms with Crippen LogP contribution in [0.3, 0.4) is 0 Å². The summed E-state index contributed by atoms with van der Waals surface area (Å²) in [5, 5.41) is 11.9. The van der Waals surface area contributed by atoms with Gasteiger partial charge in [0.1, 0.15) is 17.4 Å². The Hall–Kier alpha value is -2.39. The van der Waals surface area contributed by atoms with Crippen molar-refractivity contribution in [3.63, 3.8) is 0 Å². The highest BCUT2D eigenvalue weighted by atomic mass is 16.5. The van der Waals surface area contributed by atoms with Gasteiger partial charge in [0, 0.05) is 19.6 Å². The number of nitriles is 1. The van der Waals surface area contributed by atoms with Gasteiger partial charge in [-0.1, -0.05) is 13.8 Å². The molecule has 0 radical (unpaired) electrons. The van der Waals surface area contributed by atoms with Gasteiger partial charge in [0.15, 0.2) is 0 Å². The maximum atomic E-state index is 12.5. The number of benzene rings is 1. The monoisotopic (exact) mass is 318 g/mol. The molecule has 0 aromatic heterocycles. The number of hydrogen-bond donors (Lipinski definition) is 1. The summed E-state index contributed by atoms with van der Waals surface area (Å²) in [6.45, 7) is 7.31. The van der Waals surface area contributed by atoms with Gasteiger partial charge in [-0.3, -0.25) is 9.59 Å². The van der Waals surface area contributed by atoms with Crippen molar-refractivity contribution in [3.8, 4) is 11.8 Å². The van der Waals surface area contributed by atoms with E-state index in [9.17, 15) is 14.9 Å². The fourth-order valence-corrected chi connectivity index (χ4v) is 1.86. The molecule has 0 unspecified atom stereocenters. The number of ether oxygens (including phenoxy) is 2. The summed E-state index contributed by atoms with van der Waals surface area (Å²) in [4.78, 5) is 23.4. The number of esters is 1. The van der Waals surface area contributed by atoms with Gasteiger partial charge >= 0.3 is 5.97 Å². The second kappa shape index (κ2) is 8.30. The molecule has 6 heteroatoms. The zero-order chi connectivity index (χ0) is 17.5. The maximum Gasteiger partial charge on any atom is 0.308 e. The number of anilines is 1. The van der Waals surface area contributed by atoms with Crippen LogP contribution in [0.25, 0.3) is 0 Å². The summed E-state index contributed by atoms with van der Waals surface area (Å²) < 4.78 is 10.6. The minimum absolute atomic E-state index is 0.214. The lowest BCUT2D eigenvalue weighted by Crippen LogP contribution is -2.42. The molecule has 6 nitrogen and oxygen atoms in total. The van der Waals surface area contributed by atoms with E-state index in [-0.39, 0.29) is 17.2 Å². The Balaban J connectivity index is 2.97. The summed E-state index contributed by atoms with van der Waals surface area (Å²) in [6.07, 6.45) is 1.32. The molecule has 0 aliphatic carbocycles. The van der Waals surface area contributed by atoms with Crippen molar-refractivity contribution in [2.45, 2.75) is 46.1 Å². The van der Waals surface area contributed by atoms with Gasteiger partial charge in [0.05, 0.1) is 11.3 Å². The van der Waals surface area contributed by atoms with Crippen LogP contribution in [0.1, 0.15) is 46.1 Å². The van der Waals surface area contributed by atoms with E-state index in [1.54, 1.807) is 6.92 Å². The molecule has 1 amide bonds. The first kappa shape index (κ1) is 18.7. The minimum Gasteiger partial charge on any atom is -0.427 e. The van der Waals surface area contributed by atoms with Crippen molar-refractivity contribution < 1.29 is 19.1 Å². The first-order valence-electron chi connectivity index (χ1n) is 7.54. The van der Waals surface area contributed by atoms with Gasteiger partial charge < -0.3 is 14.8 Å². The van der Waals surface area contributed by atoms with Crippen LogP contribution in [0, 0.1) is 11.3 Å². The molecule has 0 spiro atoms. The van der Waals surface area contributed by atoms with Crippen LogP contribution in [-0.4, -0.2) is 24.1 Å². The predicted molar refractivity (Wildman–Crippen MR) is 86.0 cm³/mol. The predicted octanol–water partition coefficient (Wildman–Crippen LogP) is 3.02. The third-order valence-electron chi connectivity index (χ3n) is 3.40. The van der Waals surface area contributed by atoms with E-state index in [0.717, 1.165) is 6.42 Å². The molecule has 1 N–H and O–H groups in total. The van der Waals surface area contributed by atoms with E-state index in [1.165, 1.54) is 25.1 Å². The Morgan fingerprint density at radius 2 is 2.04 bits per heavy atom. The van der Waals surface area contributed by atoms with Crippen LogP contribution in [0.2, 0.25) is 0 Å². The molecule has 0 fully saturated rings. The van der Waals surface area contributed by atoms with Crippen molar-refractivity contribution in [3.05, 3.63) is 23.8 Å². The second-order valence-electron chi connectivity index (χ2n) is 5.30. The Labute approximate surface area is 136 Å². The number of amides is 1. The Bertz CT molecular complexity index is 622. The molecule has 0 bridgehead atoms. The molecule has 0 saturated heterocycles. The summed E-state index contributed by atoms with van der Waals surface area (Å²) in [5.41, 5.74) is -0.392. The highest BCUT2D eigenvalue weighted by Gasteiger charge is 2.32. The number of hydrogen-bond acceptors (Lipinski definition) is 5. The van der Waals surface area contributed by atoms with E-state index >= 15 is 0 Å². The maximum absolute atomic E-state index is 12.5. The second-order valence-corrected chi connectivity index (χ2v) is 5.30. The van der Waals surface area contributed by atoms with Crippen LogP contribution in [0.5, 0.6) is 5.75 Å². The molecule has 0 heterocycles. The zero-order valence-corrected chi connectivity index (χ0v) is 13.9. The van der Waals surface area contributed by atoms with Crippen molar-refractivity contribution >= 4 is 17.6 Å². The molecule has 0 aliphatic heterocycles. The van der Waals surface area contributed by atoms with Gasteiger partial charge in [0.2, 0.25) is 0 Å². The van der Waals surface area contributed by atoms with E-state index in [1.807, 2.05) is 19.9 Å². The molecule has 0 aliphatic rings. The van der Waals surface area contributed by atoms with Crippen LogP contribution >= 0.6 is 0 Å². The van der Waals surface area contributed by atoms with Crippen molar-refractivity contribution in [2.24, 2.45) is 0 Å². The first-order chi connectivity index (χ1) is 10.9. The highest BCUT2D eigenvalue weighted by Crippen LogP contribution is 2.24. The summed E-state index contributed by atoms with van der Waals surface area (Å²) in [7, 11) is 0. The van der Waals surface area contributed by atoms with Gasteiger partial charge in [-0.25, -0.2) is 0 Å². The molecular weight excluding hydrogens is 296 g/mol. The number of carbonyl (C=O) groups excluding carboxylic acids is 2. The Morgan fingerprint density at radius 3 is 2.57 bits per heavy atom. The Morgan fingerprint density at radius 1 is 1.35 bits per heavy atom. The molecule has 1 rings (SSSR count). The van der Waals surface area contributed by atoms with Gasteiger partial charge in [-0.2, -0.15) is 5.26 Å². The first-order valence-corrected chi connectivity index (χ1v) is 7.54. The third-order valence-corrected chi connectivity index (χ3v) is 3.40. The summed E-state index contributed by atoms with van der Waals surface area (Å²) >= 11 is 0. The van der Waals surface area contributed by atoms with Crippen LogP contribution in [0.4, 0.5) is 5.69 Å². The fraction of sp³-hybridized carbons (Fsp3) is 0.471. The quantitative estimate of drug-likeness (QED) is 0.616. The molecule has 23 heavy (non-hydrogen) atoms. The normalized spacial score (nSPS) is 12.8. The number of nitrogens with zero attached hydrogens (tertiary/aromatic N) is 1. The molecule has 1 aromatic carbocycles. The SMILES string of the molecule is CCCO[C@](C)(CC)C(=O)Nc1ccc(OC(C)=O)cc1C#N. The summed E-state index contributed by atoms with van der Waals surface area (Å²) in [6, 6.07) is 6.44. The van der Waals surface area contributed by atoms with Crippen molar-refractivity contribution in [1.29, 1.82) is 5.26 Å². The van der Waals surface area contributed by atoms with E-state index in [2.05, 4.69) is 5.32 Å². The minimum atomic E-state index is -0.961. The molecule has 1 atom stereocenters. The third kappa shape index (κ3) is 5.08. The molecule has 1 aromatic rings. The topological polar surface area (TPSA) is 88.4 Å². The highest BCUT2D eigenvalue weighted by molar-refractivity contribution is 5.98.